The summed E-state index contributed by atoms with van der Waals surface area (Å²) in [6.07, 6.45) is -5.72. The second-order valence-corrected chi connectivity index (χ2v) is 4.59. The maximum atomic E-state index is 13.0. The van der Waals surface area contributed by atoms with E-state index >= 15 is 0 Å². The number of rotatable bonds is 2. The van der Waals surface area contributed by atoms with E-state index in [0.717, 1.165) is 6.07 Å². The van der Waals surface area contributed by atoms with Crippen LogP contribution in [0.3, 0.4) is 0 Å². The highest BCUT2D eigenvalue weighted by molar-refractivity contribution is 9.10. The van der Waals surface area contributed by atoms with Gasteiger partial charge in [-0.15, -0.1) is 0 Å². The van der Waals surface area contributed by atoms with Crippen molar-refractivity contribution >= 4 is 27.5 Å². The Morgan fingerprint density at radius 2 is 1.71 bits per heavy atom. The van der Waals surface area contributed by atoms with E-state index < -0.39 is 23.7 Å². The third-order valence-electron chi connectivity index (χ3n) is 2.06. The van der Waals surface area contributed by atoms with E-state index in [1.807, 2.05) is 0 Å². The number of benzene rings is 1. The van der Waals surface area contributed by atoms with E-state index in [1.165, 1.54) is 12.1 Å². The van der Waals surface area contributed by atoms with Crippen molar-refractivity contribution in [3.05, 3.63) is 33.3 Å². The van der Waals surface area contributed by atoms with Crippen molar-refractivity contribution in [1.29, 1.82) is 0 Å². The highest BCUT2D eigenvalue weighted by Crippen LogP contribution is 2.44. The number of halogens is 7. The van der Waals surface area contributed by atoms with Crippen molar-refractivity contribution in [3.63, 3.8) is 0 Å². The third-order valence-corrected chi connectivity index (χ3v) is 2.90. The predicted octanol–water partition coefficient (Wildman–Crippen LogP) is 4.30. The molecule has 1 rings (SSSR count). The van der Waals surface area contributed by atoms with Crippen LogP contribution in [0.15, 0.2) is 22.7 Å². The molecule has 0 aromatic heterocycles. The second-order valence-electron chi connectivity index (χ2n) is 3.26. The van der Waals surface area contributed by atoms with Gasteiger partial charge in [0.25, 0.3) is 0 Å². The molecule has 8 heteroatoms. The van der Waals surface area contributed by atoms with Gasteiger partial charge in [0.15, 0.2) is 0 Å². The van der Waals surface area contributed by atoms with E-state index in [4.69, 9.17) is 17.3 Å². The Bertz CT molecular complexity index is 420. The second kappa shape index (κ2) is 4.70. The first kappa shape index (κ1) is 14.7. The van der Waals surface area contributed by atoms with Gasteiger partial charge in [0.05, 0.1) is 0 Å². The van der Waals surface area contributed by atoms with Crippen molar-refractivity contribution in [2.45, 2.75) is 18.1 Å². The molecule has 1 atom stereocenters. The summed E-state index contributed by atoms with van der Waals surface area (Å²) >= 11 is 8.49. The van der Waals surface area contributed by atoms with Crippen molar-refractivity contribution in [2.24, 2.45) is 5.73 Å². The molecular formula is C9H6BrClF5N. The molecule has 0 radical (unpaired) electrons. The molecule has 0 bridgehead atoms. The van der Waals surface area contributed by atoms with E-state index in [-0.39, 0.29) is 5.02 Å². The van der Waals surface area contributed by atoms with Crippen LogP contribution in [0.5, 0.6) is 0 Å². The minimum absolute atomic E-state index is 0.246. The quantitative estimate of drug-likeness (QED) is 0.800. The lowest BCUT2D eigenvalue weighted by Gasteiger charge is -2.26. The summed E-state index contributed by atoms with van der Waals surface area (Å²) in [4.78, 5) is 0. The normalized spacial score (nSPS) is 14.8. The Morgan fingerprint density at radius 3 is 2.18 bits per heavy atom. The van der Waals surface area contributed by atoms with Crippen LogP contribution >= 0.6 is 27.5 Å². The number of hydrogen-bond donors (Lipinski definition) is 1. The van der Waals surface area contributed by atoms with Crippen LogP contribution in [-0.4, -0.2) is 12.1 Å². The van der Waals surface area contributed by atoms with Crippen molar-refractivity contribution < 1.29 is 22.0 Å². The first-order valence-electron chi connectivity index (χ1n) is 4.22. The molecular weight excluding hydrogens is 332 g/mol. The number of nitrogens with two attached hydrogens (primary N) is 1. The van der Waals surface area contributed by atoms with Gasteiger partial charge in [0.1, 0.15) is 6.04 Å². The highest BCUT2D eigenvalue weighted by Gasteiger charge is 2.62. The molecule has 0 spiro atoms. The fraction of sp³-hybridized carbons (Fsp3) is 0.333. The van der Waals surface area contributed by atoms with Crippen molar-refractivity contribution in [2.75, 3.05) is 0 Å². The van der Waals surface area contributed by atoms with Crippen molar-refractivity contribution in [1.82, 2.24) is 0 Å². The molecule has 0 aliphatic rings. The summed E-state index contributed by atoms with van der Waals surface area (Å²) < 4.78 is 62.7. The number of alkyl halides is 5. The van der Waals surface area contributed by atoms with Gasteiger partial charge in [-0.05, 0) is 23.8 Å². The molecule has 0 saturated heterocycles. The Hall–Kier alpha value is -0.400. The largest absolute Gasteiger partial charge is 0.455 e. The lowest BCUT2D eigenvalue weighted by molar-refractivity contribution is -0.290. The van der Waals surface area contributed by atoms with Gasteiger partial charge in [-0.1, -0.05) is 27.5 Å². The SMILES string of the molecule is N[C@H](c1cc(Br)ccc1Cl)C(F)(F)C(F)(F)F. The first-order valence-corrected chi connectivity index (χ1v) is 5.39. The molecule has 0 fully saturated rings. The van der Waals surface area contributed by atoms with Gasteiger partial charge in [0, 0.05) is 9.50 Å². The maximum Gasteiger partial charge on any atom is 0.455 e. The summed E-state index contributed by atoms with van der Waals surface area (Å²) in [5.74, 6) is -5.04. The number of hydrogen-bond acceptors (Lipinski definition) is 1. The molecule has 0 aliphatic carbocycles. The lowest BCUT2D eigenvalue weighted by atomic mass is 10.0. The zero-order valence-electron chi connectivity index (χ0n) is 8.03. The van der Waals surface area contributed by atoms with E-state index in [0.29, 0.717) is 4.47 Å². The van der Waals surface area contributed by atoms with Gasteiger partial charge in [-0.2, -0.15) is 22.0 Å². The molecule has 0 amide bonds. The molecule has 0 saturated carbocycles. The highest BCUT2D eigenvalue weighted by atomic mass is 79.9. The van der Waals surface area contributed by atoms with E-state index in [1.54, 1.807) is 0 Å². The minimum Gasteiger partial charge on any atom is -0.319 e. The van der Waals surface area contributed by atoms with E-state index in [9.17, 15) is 22.0 Å². The molecule has 1 aromatic carbocycles. The smallest absolute Gasteiger partial charge is 0.319 e. The lowest BCUT2D eigenvalue weighted by Crippen LogP contribution is -2.45. The van der Waals surface area contributed by atoms with Gasteiger partial charge in [-0.25, -0.2) is 0 Å². The summed E-state index contributed by atoms with van der Waals surface area (Å²) in [6.45, 7) is 0. The van der Waals surface area contributed by atoms with Crippen LogP contribution in [0, 0.1) is 0 Å². The summed E-state index contributed by atoms with van der Waals surface area (Å²) in [5.41, 5.74) is 4.48. The van der Waals surface area contributed by atoms with Crippen LogP contribution in [-0.2, 0) is 0 Å². The predicted molar refractivity (Wildman–Crippen MR) is 57.1 cm³/mol. The van der Waals surface area contributed by atoms with Crippen LogP contribution < -0.4 is 5.73 Å². The zero-order chi connectivity index (χ0) is 13.4. The topological polar surface area (TPSA) is 26.0 Å². The van der Waals surface area contributed by atoms with Gasteiger partial charge in [-0.3, -0.25) is 0 Å². The fourth-order valence-corrected chi connectivity index (χ4v) is 1.74. The van der Waals surface area contributed by atoms with Crippen LogP contribution in [0.2, 0.25) is 5.02 Å². The summed E-state index contributed by atoms with van der Waals surface area (Å²) in [5, 5.41) is -0.246. The average molecular weight is 339 g/mol. The Balaban J connectivity index is 3.21. The van der Waals surface area contributed by atoms with E-state index in [2.05, 4.69) is 15.9 Å². The van der Waals surface area contributed by atoms with Gasteiger partial charge in [0.2, 0.25) is 0 Å². The fourth-order valence-electron chi connectivity index (χ4n) is 1.12. The summed E-state index contributed by atoms with van der Waals surface area (Å²) in [7, 11) is 0. The zero-order valence-corrected chi connectivity index (χ0v) is 10.4. The molecule has 1 nitrogen and oxygen atoms in total. The molecule has 17 heavy (non-hydrogen) atoms. The Labute approximate surface area is 107 Å². The minimum atomic E-state index is -5.72. The van der Waals surface area contributed by atoms with Gasteiger partial charge >= 0.3 is 12.1 Å². The molecule has 0 heterocycles. The molecule has 96 valence electrons. The summed E-state index contributed by atoms with van der Waals surface area (Å²) in [6, 6.07) is 1.08. The first-order chi connectivity index (χ1) is 7.57. The molecule has 1 aromatic rings. The molecule has 0 aliphatic heterocycles. The average Bonchev–Trinajstić information content (AvgIpc) is 2.19. The van der Waals surface area contributed by atoms with Crippen LogP contribution in [0.25, 0.3) is 0 Å². The van der Waals surface area contributed by atoms with Crippen LogP contribution in [0.1, 0.15) is 11.6 Å². The third kappa shape index (κ3) is 2.89. The monoisotopic (exact) mass is 337 g/mol. The molecule has 2 N–H and O–H groups in total. The Kier molecular flexibility index (Phi) is 4.05. The van der Waals surface area contributed by atoms with Gasteiger partial charge < -0.3 is 5.73 Å². The molecule has 0 unspecified atom stereocenters. The Morgan fingerprint density at radius 1 is 1.18 bits per heavy atom. The van der Waals surface area contributed by atoms with Crippen LogP contribution in [0.4, 0.5) is 22.0 Å². The standard InChI is InChI=1S/C9H6BrClF5N/c10-4-1-2-6(11)5(3-4)7(17)8(12,13)9(14,15)16/h1-3,7H,17H2/t7-/m1/s1. The maximum absolute atomic E-state index is 13.0. The van der Waals surface area contributed by atoms with Crippen molar-refractivity contribution in [3.8, 4) is 0 Å².